The average molecular weight is 304 g/mol. The summed E-state index contributed by atoms with van der Waals surface area (Å²) in [7, 11) is 0. The lowest BCUT2D eigenvalue weighted by atomic mass is 10.2. The van der Waals surface area contributed by atoms with Crippen molar-refractivity contribution < 1.29 is 0 Å². The van der Waals surface area contributed by atoms with E-state index in [2.05, 4.69) is 25.5 Å². The van der Waals surface area contributed by atoms with Gasteiger partial charge in [0.15, 0.2) is 11.0 Å². The Labute approximate surface area is 125 Å². The fourth-order valence-electron chi connectivity index (χ4n) is 1.64. The van der Waals surface area contributed by atoms with Crippen LogP contribution in [-0.4, -0.2) is 26.6 Å². The lowest BCUT2D eigenvalue weighted by Gasteiger charge is -2.15. The van der Waals surface area contributed by atoms with E-state index in [1.165, 1.54) is 0 Å². The van der Waals surface area contributed by atoms with Crippen LogP contribution in [0.5, 0.6) is 0 Å². The van der Waals surface area contributed by atoms with E-state index >= 15 is 0 Å². The minimum Gasteiger partial charge on any atom is -0.263 e. The van der Waals surface area contributed by atoms with Gasteiger partial charge in [0.25, 0.3) is 0 Å². The normalized spacial score (nSPS) is 16.6. The molecular weight excluding hydrogens is 294 g/mol. The first-order valence-electron chi connectivity index (χ1n) is 5.88. The van der Waals surface area contributed by atoms with Gasteiger partial charge in [-0.15, -0.1) is 0 Å². The summed E-state index contributed by atoms with van der Waals surface area (Å²) in [5.74, 6) is 1.35. The van der Waals surface area contributed by atoms with Crippen molar-refractivity contribution in [2.24, 2.45) is 10.1 Å². The monoisotopic (exact) mass is 303 g/mol. The minimum absolute atomic E-state index is 0.596. The van der Waals surface area contributed by atoms with Crippen LogP contribution >= 0.6 is 23.4 Å². The third-order valence-corrected chi connectivity index (χ3v) is 3.76. The Hall–Kier alpha value is -1.92. The van der Waals surface area contributed by atoms with Crippen LogP contribution in [0.4, 0.5) is 5.82 Å². The zero-order valence-electron chi connectivity index (χ0n) is 10.3. The second-order valence-corrected chi connectivity index (χ2v) is 5.29. The highest BCUT2D eigenvalue weighted by atomic mass is 35.5. The van der Waals surface area contributed by atoms with Crippen molar-refractivity contribution in [3.8, 4) is 0 Å². The summed E-state index contributed by atoms with van der Waals surface area (Å²) in [6.07, 6.45) is 5.02. The van der Waals surface area contributed by atoms with Crippen molar-refractivity contribution in [1.29, 1.82) is 0 Å². The lowest BCUT2D eigenvalue weighted by Crippen LogP contribution is -2.25. The summed E-state index contributed by atoms with van der Waals surface area (Å²) < 4.78 is 0. The van der Waals surface area contributed by atoms with Gasteiger partial charge in [0.1, 0.15) is 0 Å². The number of aliphatic imine (C=N–C) groups is 1. The summed E-state index contributed by atoms with van der Waals surface area (Å²) in [4.78, 5) is 12.5. The van der Waals surface area contributed by atoms with E-state index in [-0.39, 0.29) is 0 Å². The molecule has 0 spiro atoms. The highest BCUT2D eigenvalue weighted by molar-refractivity contribution is 8.14. The molecule has 3 rings (SSSR count). The van der Waals surface area contributed by atoms with Crippen LogP contribution in [0.1, 0.15) is 5.56 Å². The van der Waals surface area contributed by atoms with E-state index in [9.17, 15) is 0 Å². The van der Waals surface area contributed by atoms with Gasteiger partial charge in [0, 0.05) is 29.9 Å². The Morgan fingerprint density at radius 1 is 1.25 bits per heavy atom. The van der Waals surface area contributed by atoms with E-state index in [1.807, 2.05) is 24.3 Å². The summed E-state index contributed by atoms with van der Waals surface area (Å²) in [5.41, 5.74) is 4.69. The van der Waals surface area contributed by atoms with E-state index < -0.39 is 0 Å². The van der Waals surface area contributed by atoms with Crippen LogP contribution < -0.4 is 5.43 Å². The Morgan fingerprint density at radius 2 is 2.20 bits per heavy atom. The predicted molar refractivity (Wildman–Crippen MR) is 82.7 cm³/mol. The fraction of sp³-hybridized carbons (Fsp3) is 0.0769. The highest BCUT2D eigenvalue weighted by Crippen LogP contribution is 2.20. The Morgan fingerprint density at radius 3 is 2.90 bits per heavy atom. The Balaban J connectivity index is 1.79. The van der Waals surface area contributed by atoms with Crippen LogP contribution in [0.2, 0.25) is 5.02 Å². The molecule has 0 radical (unpaired) electrons. The lowest BCUT2D eigenvalue weighted by molar-refractivity contribution is 1.03. The van der Waals surface area contributed by atoms with Gasteiger partial charge in [0.2, 0.25) is 0 Å². The van der Waals surface area contributed by atoms with E-state index in [1.54, 1.807) is 30.4 Å². The summed E-state index contributed by atoms with van der Waals surface area (Å²) in [6.45, 7) is 0. The molecule has 0 bridgehead atoms. The smallest absolute Gasteiger partial charge is 0.184 e. The first-order valence-corrected chi connectivity index (χ1v) is 7.24. The van der Waals surface area contributed by atoms with E-state index in [0.29, 0.717) is 16.6 Å². The summed E-state index contributed by atoms with van der Waals surface area (Å²) in [6, 6.07) is 7.44. The van der Waals surface area contributed by atoms with Gasteiger partial charge < -0.3 is 0 Å². The Bertz CT molecular complexity index is 671. The van der Waals surface area contributed by atoms with Crippen molar-refractivity contribution in [3.05, 3.63) is 53.4 Å². The molecule has 1 aliphatic heterocycles. The third-order valence-electron chi connectivity index (χ3n) is 2.58. The molecule has 20 heavy (non-hydrogen) atoms. The molecular formula is C13H10ClN5S. The molecule has 1 N–H and O–H groups in total. The van der Waals surface area contributed by atoms with Crippen molar-refractivity contribution >= 4 is 40.1 Å². The number of rotatable bonds is 2. The van der Waals surface area contributed by atoms with Gasteiger partial charge in [-0.3, -0.25) is 10.4 Å². The van der Waals surface area contributed by atoms with Crippen LogP contribution in [0.3, 0.4) is 0 Å². The van der Waals surface area contributed by atoms with Gasteiger partial charge in [-0.05, 0) is 18.2 Å². The summed E-state index contributed by atoms with van der Waals surface area (Å²) in [5, 5.41) is 5.63. The number of hydrazone groups is 1. The molecule has 3 heterocycles. The second-order valence-electron chi connectivity index (χ2n) is 3.92. The van der Waals surface area contributed by atoms with Crippen molar-refractivity contribution in [3.63, 3.8) is 0 Å². The molecule has 0 unspecified atom stereocenters. The molecule has 0 aromatic carbocycles. The molecule has 2 aromatic heterocycles. The van der Waals surface area contributed by atoms with Crippen LogP contribution in [0, 0.1) is 0 Å². The highest BCUT2D eigenvalue weighted by Gasteiger charge is 2.15. The number of aromatic nitrogens is 2. The first-order chi connectivity index (χ1) is 9.83. The van der Waals surface area contributed by atoms with Crippen LogP contribution in [0.15, 0.2) is 52.9 Å². The maximum Gasteiger partial charge on any atom is 0.184 e. The van der Waals surface area contributed by atoms with Gasteiger partial charge in [-0.1, -0.05) is 29.4 Å². The Kier molecular flexibility index (Phi) is 3.94. The number of thioether (sulfide) groups is 1. The van der Waals surface area contributed by atoms with Gasteiger partial charge in [-0.25, -0.2) is 9.98 Å². The molecule has 0 saturated heterocycles. The quantitative estimate of drug-likeness (QED) is 0.926. The second kappa shape index (κ2) is 6.02. The topological polar surface area (TPSA) is 62.5 Å². The van der Waals surface area contributed by atoms with E-state index in [0.717, 1.165) is 16.4 Å². The summed E-state index contributed by atoms with van der Waals surface area (Å²) >= 11 is 7.66. The number of halogens is 1. The van der Waals surface area contributed by atoms with Gasteiger partial charge in [-0.2, -0.15) is 5.10 Å². The van der Waals surface area contributed by atoms with Gasteiger partial charge in [0.05, 0.1) is 10.7 Å². The van der Waals surface area contributed by atoms with Crippen molar-refractivity contribution in [1.82, 2.24) is 15.4 Å². The maximum absolute atomic E-state index is 6.10. The van der Waals surface area contributed by atoms with E-state index in [4.69, 9.17) is 11.6 Å². The largest absolute Gasteiger partial charge is 0.263 e. The molecule has 7 heteroatoms. The molecule has 0 fully saturated rings. The zero-order valence-corrected chi connectivity index (χ0v) is 11.9. The van der Waals surface area contributed by atoms with Crippen LogP contribution in [0.25, 0.3) is 0 Å². The van der Waals surface area contributed by atoms with Crippen LogP contribution in [-0.2, 0) is 0 Å². The van der Waals surface area contributed by atoms with Crippen molar-refractivity contribution in [2.45, 2.75) is 0 Å². The number of nitrogens with one attached hydrogen (secondary N) is 1. The fourth-order valence-corrected chi connectivity index (χ4v) is 2.64. The molecule has 0 aliphatic carbocycles. The number of pyridine rings is 2. The third kappa shape index (κ3) is 2.97. The number of amidine groups is 1. The molecule has 5 nitrogen and oxygen atoms in total. The first kappa shape index (κ1) is 13.1. The molecule has 100 valence electrons. The van der Waals surface area contributed by atoms with Crippen molar-refractivity contribution in [2.75, 3.05) is 5.75 Å². The SMILES string of the molecule is Clc1cnccc1C1=NNC(=Nc2ccccn2)SC1. The molecule has 0 atom stereocenters. The number of hydrogen-bond donors (Lipinski definition) is 1. The zero-order chi connectivity index (χ0) is 13.8. The predicted octanol–water partition coefficient (Wildman–Crippen LogP) is 2.86. The minimum atomic E-state index is 0.596. The maximum atomic E-state index is 6.10. The number of hydrogen-bond acceptors (Lipinski definition) is 5. The molecule has 0 amide bonds. The average Bonchev–Trinajstić information content (AvgIpc) is 2.50. The standard InChI is InChI=1S/C13H10ClN5S/c14-10-7-15-6-4-9(10)11-8-20-13(19-18-11)17-12-3-1-2-5-16-12/h1-7H,8H2,(H,16,17,19). The molecule has 2 aromatic rings. The molecule has 1 aliphatic rings. The van der Waals surface area contributed by atoms with Gasteiger partial charge >= 0.3 is 0 Å². The molecule has 0 saturated carbocycles. The number of nitrogens with zero attached hydrogens (tertiary/aromatic N) is 4.